The fourth-order valence-corrected chi connectivity index (χ4v) is 4.76. The summed E-state index contributed by atoms with van der Waals surface area (Å²) in [5, 5.41) is 10.6. The lowest BCUT2D eigenvalue weighted by Gasteiger charge is -2.30. The van der Waals surface area contributed by atoms with Crippen molar-refractivity contribution in [2.24, 2.45) is 5.41 Å². The van der Waals surface area contributed by atoms with Crippen molar-refractivity contribution in [2.75, 3.05) is 19.7 Å². The van der Waals surface area contributed by atoms with Crippen molar-refractivity contribution in [1.82, 2.24) is 9.88 Å². The Morgan fingerprint density at radius 2 is 2.23 bits per heavy atom. The van der Waals surface area contributed by atoms with Crippen LogP contribution >= 0.6 is 0 Å². The van der Waals surface area contributed by atoms with Gasteiger partial charge in [-0.25, -0.2) is 0 Å². The highest BCUT2D eigenvalue weighted by Gasteiger charge is 2.45. The van der Waals surface area contributed by atoms with E-state index in [1.165, 1.54) is 42.5 Å². The highest BCUT2D eigenvalue weighted by Crippen LogP contribution is 2.50. The van der Waals surface area contributed by atoms with Crippen molar-refractivity contribution in [3.63, 3.8) is 0 Å². The maximum absolute atomic E-state index is 9.23. The first-order chi connectivity index (χ1) is 10.8. The molecule has 1 aromatic heterocycles. The average molecular weight is 298 g/mol. The van der Waals surface area contributed by atoms with Crippen LogP contribution in [0.25, 0.3) is 10.9 Å². The molecule has 0 spiro atoms. The molecule has 0 aliphatic carbocycles. The minimum atomic E-state index is 0.323. The SMILES string of the molecule is CCC1(CCCO)CC2c3[nH]c4ccccc4c3CCN2C1. The number of nitrogens with one attached hydrogen (secondary N) is 1. The van der Waals surface area contributed by atoms with Crippen LogP contribution in [0.15, 0.2) is 24.3 Å². The standard InChI is InChI=1S/C19H26N2O/c1-2-19(9-5-11-22)12-17-18-15(8-10-21(17)13-19)14-6-3-4-7-16(14)20-18/h3-4,6-7,17,20,22H,2,5,8-13H2,1H3. The number of hydrogen-bond donors (Lipinski definition) is 2. The number of aliphatic hydroxyl groups is 1. The highest BCUT2D eigenvalue weighted by atomic mass is 16.2. The van der Waals surface area contributed by atoms with Crippen LogP contribution in [-0.2, 0) is 6.42 Å². The molecule has 0 amide bonds. The lowest BCUT2D eigenvalue weighted by atomic mass is 9.78. The molecular formula is C19H26N2O. The van der Waals surface area contributed by atoms with E-state index in [1.807, 2.05) is 0 Å². The summed E-state index contributed by atoms with van der Waals surface area (Å²) in [5.74, 6) is 0. The van der Waals surface area contributed by atoms with Gasteiger partial charge in [-0.2, -0.15) is 0 Å². The van der Waals surface area contributed by atoms with Gasteiger partial charge in [0.1, 0.15) is 0 Å². The van der Waals surface area contributed by atoms with E-state index in [0.29, 0.717) is 18.1 Å². The van der Waals surface area contributed by atoms with Gasteiger partial charge in [-0.3, -0.25) is 4.90 Å². The molecule has 3 nitrogen and oxygen atoms in total. The summed E-state index contributed by atoms with van der Waals surface area (Å²) in [6.45, 7) is 5.02. The van der Waals surface area contributed by atoms with E-state index in [-0.39, 0.29) is 0 Å². The molecule has 22 heavy (non-hydrogen) atoms. The van der Waals surface area contributed by atoms with Gasteiger partial charge in [0.15, 0.2) is 0 Å². The first-order valence-electron chi connectivity index (χ1n) is 8.71. The number of hydrogen-bond acceptors (Lipinski definition) is 2. The summed E-state index contributed by atoms with van der Waals surface area (Å²) >= 11 is 0. The zero-order valence-corrected chi connectivity index (χ0v) is 13.4. The van der Waals surface area contributed by atoms with E-state index in [2.05, 4.69) is 41.1 Å². The highest BCUT2D eigenvalue weighted by molar-refractivity contribution is 5.85. The molecule has 2 aliphatic rings. The van der Waals surface area contributed by atoms with Crippen LogP contribution in [0.3, 0.4) is 0 Å². The molecule has 3 heteroatoms. The lowest BCUT2D eigenvalue weighted by molar-refractivity contribution is 0.193. The fourth-order valence-electron chi connectivity index (χ4n) is 4.76. The van der Waals surface area contributed by atoms with Crippen molar-refractivity contribution in [2.45, 2.75) is 45.1 Å². The number of fused-ring (bicyclic) bond motifs is 5. The third-order valence-corrected chi connectivity index (χ3v) is 6.05. The van der Waals surface area contributed by atoms with Crippen molar-refractivity contribution in [3.05, 3.63) is 35.5 Å². The summed E-state index contributed by atoms with van der Waals surface area (Å²) in [4.78, 5) is 6.39. The molecule has 2 aliphatic heterocycles. The summed E-state index contributed by atoms with van der Waals surface area (Å²) in [5.41, 5.74) is 4.70. The smallest absolute Gasteiger partial charge is 0.0507 e. The Bertz CT molecular complexity index is 677. The molecule has 118 valence electrons. The predicted molar refractivity (Wildman–Crippen MR) is 90.0 cm³/mol. The first-order valence-corrected chi connectivity index (χ1v) is 8.71. The molecule has 2 N–H and O–H groups in total. The maximum atomic E-state index is 9.23. The second kappa shape index (κ2) is 5.39. The van der Waals surface area contributed by atoms with Gasteiger partial charge in [-0.05, 0) is 49.1 Å². The number of benzene rings is 1. The van der Waals surface area contributed by atoms with Crippen LogP contribution in [0.4, 0.5) is 0 Å². The zero-order valence-electron chi connectivity index (χ0n) is 13.4. The van der Waals surface area contributed by atoms with Gasteiger partial charge in [0.2, 0.25) is 0 Å². The summed E-state index contributed by atoms with van der Waals surface area (Å²) < 4.78 is 0. The van der Waals surface area contributed by atoms with Crippen LogP contribution in [0.2, 0.25) is 0 Å². The van der Waals surface area contributed by atoms with Gasteiger partial charge in [-0.1, -0.05) is 25.1 Å². The molecule has 1 aromatic carbocycles. The number of para-hydroxylation sites is 1. The zero-order chi connectivity index (χ0) is 15.2. The Kier molecular flexibility index (Phi) is 3.50. The number of H-pyrrole nitrogens is 1. The number of aromatic amines is 1. The van der Waals surface area contributed by atoms with Crippen LogP contribution in [0.5, 0.6) is 0 Å². The minimum absolute atomic E-state index is 0.323. The van der Waals surface area contributed by atoms with E-state index in [4.69, 9.17) is 0 Å². The van der Waals surface area contributed by atoms with E-state index in [0.717, 1.165) is 19.3 Å². The topological polar surface area (TPSA) is 39.3 Å². The van der Waals surface area contributed by atoms with Crippen LogP contribution in [-0.4, -0.2) is 34.7 Å². The summed E-state index contributed by atoms with van der Waals surface area (Å²) in [7, 11) is 0. The lowest BCUT2D eigenvalue weighted by Crippen LogP contribution is -2.32. The van der Waals surface area contributed by atoms with Crippen molar-refractivity contribution in [3.8, 4) is 0 Å². The molecule has 3 heterocycles. The van der Waals surface area contributed by atoms with Crippen LogP contribution in [0, 0.1) is 5.41 Å². The second-order valence-corrected chi connectivity index (χ2v) is 7.18. The van der Waals surface area contributed by atoms with Crippen LogP contribution in [0.1, 0.15) is 49.9 Å². The Morgan fingerprint density at radius 1 is 1.36 bits per heavy atom. The van der Waals surface area contributed by atoms with Gasteiger partial charge in [0, 0.05) is 36.3 Å². The van der Waals surface area contributed by atoms with Crippen molar-refractivity contribution >= 4 is 10.9 Å². The van der Waals surface area contributed by atoms with E-state index in [1.54, 1.807) is 5.56 Å². The Balaban J connectivity index is 1.70. The maximum Gasteiger partial charge on any atom is 0.0507 e. The van der Waals surface area contributed by atoms with Gasteiger partial charge in [0.25, 0.3) is 0 Å². The Labute approximate surface area is 132 Å². The summed E-state index contributed by atoms with van der Waals surface area (Å²) in [6.07, 6.45) is 5.71. The average Bonchev–Trinajstić information content (AvgIpc) is 3.11. The largest absolute Gasteiger partial charge is 0.396 e. The number of nitrogens with zero attached hydrogens (tertiary/aromatic N) is 1. The van der Waals surface area contributed by atoms with Crippen molar-refractivity contribution in [1.29, 1.82) is 0 Å². The monoisotopic (exact) mass is 298 g/mol. The molecule has 0 radical (unpaired) electrons. The third-order valence-electron chi connectivity index (χ3n) is 6.05. The quantitative estimate of drug-likeness (QED) is 0.904. The van der Waals surface area contributed by atoms with Gasteiger partial charge < -0.3 is 10.1 Å². The molecule has 1 saturated heterocycles. The number of aromatic nitrogens is 1. The van der Waals surface area contributed by atoms with Gasteiger partial charge in [-0.15, -0.1) is 0 Å². The van der Waals surface area contributed by atoms with Crippen molar-refractivity contribution < 1.29 is 5.11 Å². The fraction of sp³-hybridized carbons (Fsp3) is 0.579. The normalized spacial score (nSPS) is 28.0. The second-order valence-electron chi connectivity index (χ2n) is 7.18. The van der Waals surface area contributed by atoms with Crippen LogP contribution < -0.4 is 0 Å². The Hall–Kier alpha value is -1.32. The number of rotatable bonds is 4. The van der Waals surface area contributed by atoms with E-state index >= 15 is 0 Å². The van der Waals surface area contributed by atoms with Gasteiger partial charge >= 0.3 is 0 Å². The number of aliphatic hydroxyl groups excluding tert-OH is 1. The molecule has 2 atom stereocenters. The van der Waals surface area contributed by atoms with E-state index < -0.39 is 0 Å². The molecule has 2 aromatic rings. The molecule has 1 fully saturated rings. The first kappa shape index (κ1) is 14.3. The van der Waals surface area contributed by atoms with Gasteiger partial charge in [0.05, 0.1) is 6.04 Å². The molecular weight excluding hydrogens is 272 g/mol. The minimum Gasteiger partial charge on any atom is -0.396 e. The molecule has 4 rings (SSSR count). The third kappa shape index (κ3) is 2.10. The van der Waals surface area contributed by atoms with E-state index in [9.17, 15) is 5.11 Å². The summed E-state index contributed by atoms with van der Waals surface area (Å²) in [6, 6.07) is 9.28. The molecule has 2 unspecified atom stereocenters. The molecule has 0 bridgehead atoms. The predicted octanol–water partition coefficient (Wildman–Crippen LogP) is 3.64. The molecule has 0 saturated carbocycles. The Morgan fingerprint density at radius 3 is 3.05 bits per heavy atom.